The molecule has 0 rings (SSSR count). The van der Waals surface area contributed by atoms with Crippen LogP contribution in [0, 0.1) is 10.1 Å². The van der Waals surface area contributed by atoms with Crippen molar-refractivity contribution in [3.8, 4) is 0 Å². The third kappa shape index (κ3) is 5.53. The van der Waals surface area contributed by atoms with Gasteiger partial charge < -0.3 is 9.94 Å². The third-order valence-electron chi connectivity index (χ3n) is 1.34. The summed E-state index contributed by atoms with van der Waals surface area (Å²) in [7, 11) is 0. The monoisotopic (exact) mass is 289 g/mol. The molecule has 6 heteroatoms. The van der Waals surface area contributed by atoms with E-state index in [1.54, 1.807) is 0 Å². The topological polar surface area (TPSA) is 72.6 Å². The van der Waals surface area contributed by atoms with Gasteiger partial charge >= 0.3 is 0 Å². The molecule has 0 amide bonds. The Morgan fingerprint density at radius 1 is 1.75 bits per heavy atom. The summed E-state index contributed by atoms with van der Waals surface area (Å²) < 4.78 is -0.215. The molecule has 2 unspecified atom stereocenters. The second kappa shape index (κ2) is 6.41. The molecule has 5 nitrogen and oxygen atoms in total. The SMILES string of the molecule is CCCC(O)C(I)CO[N+](=O)[O-]. The molecule has 0 heterocycles. The van der Waals surface area contributed by atoms with Gasteiger partial charge in [0, 0.05) is 0 Å². The molecule has 72 valence electrons. The smallest absolute Gasteiger partial charge is 0.294 e. The van der Waals surface area contributed by atoms with E-state index in [1.165, 1.54) is 0 Å². The van der Waals surface area contributed by atoms with E-state index >= 15 is 0 Å². The fourth-order valence-corrected chi connectivity index (χ4v) is 1.24. The highest BCUT2D eigenvalue weighted by atomic mass is 127. The van der Waals surface area contributed by atoms with E-state index in [4.69, 9.17) is 0 Å². The van der Waals surface area contributed by atoms with Crippen molar-refractivity contribution in [2.24, 2.45) is 0 Å². The third-order valence-corrected chi connectivity index (χ3v) is 2.53. The van der Waals surface area contributed by atoms with Crippen LogP contribution in [0.4, 0.5) is 0 Å². The molecule has 2 atom stereocenters. The Hall–Kier alpha value is -0.110. The lowest BCUT2D eigenvalue weighted by atomic mass is 10.1. The highest BCUT2D eigenvalue weighted by Gasteiger charge is 2.16. The summed E-state index contributed by atoms with van der Waals surface area (Å²) in [6.45, 7) is 1.90. The number of aliphatic hydroxyl groups is 1. The Balaban J connectivity index is 3.55. The summed E-state index contributed by atoms with van der Waals surface area (Å²) in [6, 6.07) is 0. The highest BCUT2D eigenvalue weighted by molar-refractivity contribution is 14.1. The summed E-state index contributed by atoms with van der Waals surface area (Å²) >= 11 is 1.94. The largest absolute Gasteiger partial charge is 0.392 e. The van der Waals surface area contributed by atoms with Gasteiger partial charge in [-0.1, -0.05) is 35.9 Å². The molecule has 0 aliphatic heterocycles. The van der Waals surface area contributed by atoms with Gasteiger partial charge in [0.1, 0.15) is 6.61 Å². The number of nitrogens with zero attached hydrogens (tertiary/aromatic N) is 1. The van der Waals surface area contributed by atoms with Crippen molar-refractivity contribution >= 4 is 22.6 Å². The second-order valence-electron chi connectivity index (χ2n) is 2.39. The number of hydrogen-bond donors (Lipinski definition) is 1. The van der Waals surface area contributed by atoms with Crippen LogP contribution in [0.15, 0.2) is 0 Å². The van der Waals surface area contributed by atoms with Crippen LogP contribution in [0.3, 0.4) is 0 Å². The van der Waals surface area contributed by atoms with E-state index in [9.17, 15) is 15.2 Å². The van der Waals surface area contributed by atoms with Gasteiger partial charge in [0.05, 0.1) is 10.0 Å². The molecule has 0 saturated heterocycles. The maximum Gasteiger partial charge on any atom is 0.294 e. The van der Waals surface area contributed by atoms with Gasteiger partial charge in [-0.2, -0.15) is 0 Å². The molecule has 0 aliphatic rings. The van der Waals surface area contributed by atoms with E-state index in [0.29, 0.717) is 6.42 Å². The number of rotatable bonds is 6. The van der Waals surface area contributed by atoms with Crippen molar-refractivity contribution < 1.29 is 15.0 Å². The fourth-order valence-electron chi connectivity index (χ4n) is 0.720. The average molecular weight is 289 g/mol. The van der Waals surface area contributed by atoms with Crippen molar-refractivity contribution in [1.29, 1.82) is 0 Å². The molecular weight excluding hydrogens is 277 g/mol. The Morgan fingerprint density at radius 2 is 2.33 bits per heavy atom. The van der Waals surface area contributed by atoms with Crippen molar-refractivity contribution in [2.45, 2.75) is 29.8 Å². The van der Waals surface area contributed by atoms with E-state index in [2.05, 4.69) is 4.84 Å². The number of aliphatic hydroxyl groups excluding tert-OH is 1. The molecule has 0 bridgehead atoms. The van der Waals surface area contributed by atoms with Gasteiger partial charge in [-0.05, 0) is 6.42 Å². The van der Waals surface area contributed by atoms with Gasteiger partial charge in [-0.25, -0.2) is 0 Å². The summed E-state index contributed by atoms with van der Waals surface area (Å²) in [6.07, 6.45) is 0.990. The van der Waals surface area contributed by atoms with Gasteiger partial charge in [0.2, 0.25) is 0 Å². The summed E-state index contributed by atoms with van der Waals surface area (Å²) in [5, 5.41) is 18.3. The van der Waals surface area contributed by atoms with Crippen molar-refractivity contribution in [3.63, 3.8) is 0 Å². The van der Waals surface area contributed by atoms with Crippen LogP contribution in [0.5, 0.6) is 0 Å². The lowest BCUT2D eigenvalue weighted by Gasteiger charge is -2.14. The molecule has 0 saturated carbocycles. The molecule has 0 radical (unpaired) electrons. The molecule has 1 N–H and O–H groups in total. The van der Waals surface area contributed by atoms with Crippen LogP contribution in [0.1, 0.15) is 19.8 Å². The van der Waals surface area contributed by atoms with E-state index in [0.717, 1.165) is 6.42 Å². The Morgan fingerprint density at radius 3 is 2.75 bits per heavy atom. The van der Waals surface area contributed by atoms with E-state index in [-0.39, 0.29) is 10.5 Å². The molecule has 12 heavy (non-hydrogen) atoms. The van der Waals surface area contributed by atoms with Gasteiger partial charge in [0.25, 0.3) is 5.09 Å². The normalized spacial score (nSPS) is 15.2. The first-order chi connectivity index (χ1) is 5.57. The van der Waals surface area contributed by atoms with Crippen molar-refractivity contribution in [2.75, 3.05) is 6.61 Å². The highest BCUT2D eigenvalue weighted by Crippen LogP contribution is 2.11. The van der Waals surface area contributed by atoms with Crippen LogP contribution in [-0.2, 0) is 4.84 Å². The van der Waals surface area contributed by atoms with Crippen LogP contribution >= 0.6 is 22.6 Å². The maximum atomic E-state index is 9.78. The first-order valence-corrected chi connectivity index (χ1v) is 4.92. The minimum absolute atomic E-state index is 0.0469. The fraction of sp³-hybridized carbons (Fsp3) is 1.00. The standard InChI is InChI=1S/C6H12INO4/c1-2-3-6(9)5(7)4-12-8(10)11/h5-6,9H,2-4H2,1H3. The van der Waals surface area contributed by atoms with Crippen molar-refractivity contribution in [1.82, 2.24) is 0 Å². The first-order valence-electron chi connectivity index (χ1n) is 3.67. The number of alkyl halides is 1. The van der Waals surface area contributed by atoms with Crippen LogP contribution in [0.2, 0.25) is 0 Å². The summed E-state index contributed by atoms with van der Waals surface area (Å²) in [5.41, 5.74) is 0. The Labute approximate surface area is 84.3 Å². The second-order valence-corrected chi connectivity index (χ2v) is 3.99. The zero-order chi connectivity index (χ0) is 9.56. The maximum absolute atomic E-state index is 9.78. The molecule has 0 aromatic carbocycles. The van der Waals surface area contributed by atoms with Crippen LogP contribution in [0.25, 0.3) is 0 Å². The number of hydrogen-bond acceptors (Lipinski definition) is 4. The first kappa shape index (κ1) is 11.9. The Bertz CT molecular complexity index is 144. The lowest BCUT2D eigenvalue weighted by Crippen LogP contribution is -2.26. The van der Waals surface area contributed by atoms with Gasteiger partial charge in [0.15, 0.2) is 0 Å². The van der Waals surface area contributed by atoms with E-state index < -0.39 is 11.2 Å². The predicted octanol–water partition coefficient (Wildman–Crippen LogP) is 1.16. The Kier molecular flexibility index (Phi) is 6.35. The molecule has 0 aliphatic carbocycles. The molecule has 0 fully saturated rings. The van der Waals surface area contributed by atoms with E-state index in [1.807, 2.05) is 29.5 Å². The minimum atomic E-state index is -0.843. The van der Waals surface area contributed by atoms with Crippen molar-refractivity contribution in [3.05, 3.63) is 10.1 Å². The lowest BCUT2D eigenvalue weighted by molar-refractivity contribution is -0.757. The molecular formula is C6H12INO4. The molecule has 0 aromatic rings. The van der Waals surface area contributed by atoms with Crippen LogP contribution < -0.4 is 0 Å². The summed E-state index contributed by atoms with van der Waals surface area (Å²) in [4.78, 5) is 13.9. The average Bonchev–Trinajstić information content (AvgIpc) is 2.00. The molecule has 0 spiro atoms. The summed E-state index contributed by atoms with van der Waals surface area (Å²) in [5.74, 6) is 0. The zero-order valence-corrected chi connectivity index (χ0v) is 8.93. The zero-order valence-electron chi connectivity index (χ0n) is 6.77. The van der Waals surface area contributed by atoms with Gasteiger partial charge in [-0.15, -0.1) is 10.1 Å². The minimum Gasteiger partial charge on any atom is -0.392 e. The van der Waals surface area contributed by atoms with Gasteiger partial charge in [-0.3, -0.25) is 0 Å². The number of halogens is 1. The van der Waals surface area contributed by atoms with Crippen LogP contribution in [-0.4, -0.2) is 26.8 Å². The predicted molar refractivity (Wildman–Crippen MR) is 51.7 cm³/mol. The quantitative estimate of drug-likeness (QED) is 0.345. The molecule has 0 aromatic heterocycles.